The number of hydrogen-bond donors (Lipinski definition) is 0. The Morgan fingerprint density at radius 3 is 2.34 bits per heavy atom. The number of aromatic nitrogens is 2. The molecule has 29 heavy (non-hydrogen) atoms. The van der Waals surface area contributed by atoms with E-state index in [9.17, 15) is 9.59 Å². The molecule has 3 heterocycles. The first kappa shape index (κ1) is 19.2. The van der Waals surface area contributed by atoms with E-state index in [1.54, 1.807) is 24.2 Å². The highest BCUT2D eigenvalue weighted by Crippen LogP contribution is 2.20. The number of hydrogen-bond acceptors (Lipinski definition) is 6. The maximum atomic E-state index is 12.9. The third kappa shape index (κ3) is 4.16. The standard InChI is InChI=1S/C21H25N5O3/c1-2-29-21(28)25-11-9-24(10-12-25)20-22-13-18(14-23-20)19(27)26-8-7-16-5-3-4-6-17(16)15-26/h3-6,13-14H,2,7-12,15H2,1H3. The molecule has 1 aromatic heterocycles. The molecular weight excluding hydrogens is 370 g/mol. The minimum atomic E-state index is -0.280. The van der Waals surface area contributed by atoms with Gasteiger partial charge >= 0.3 is 6.09 Å². The Labute approximate surface area is 170 Å². The Morgan fingerprint density at radius 2 is 1.66 bits per heavy atom. The van der Waals surface area contributed by atoms with Gasteiger partial charge in [-0.2, -0.15) is 0 Å². The van der Waals surface area contributed by atoms with E-state index in [-0.39, 0.29) is 12.0 Å². The summed E-state index contributed by atoms with van der Waals surface area (Å²) in [5, 5.41) is 0. The molecule has 8 heteroatoms. The topological polar surface area (TPSA) is 78.9 Å². The average Bonchev–Trinajstić information content (AvgIpc) is 2.78. The molecule has 1 saturated heterocycles. The predicted octanol–water partition coefficient (Wildman–Crippen LogP) is 1.95. The van der Waals surface area contributed by atoms with E-state index in [0.717, 1.165) is 6.42 Å². The minimum absolute atomic E-state index is 0.0433. The molecule has 0 N–H and O–H groups in total. The van der Waals surface area contributed by atoms with Gasteiger partial charge in [0.25, 0.3) is 5.91 Å². The van der Waals surface area contributed by atoms with Gasteiger partial charge in [0, 0.05) is 51.7 Å². The lowest BCUT2D eigenvalue weighted by molar-refractivity contribution is 0.0733. The number of rotatable bonds is 3. The number of anilines is 1. The summed E-state index contributed by atoms with van der Waals surface area (Å²) >= 11 is 0. The first-order chi connectivity index (χ1) is 14.2. The van der Waals surface area contributed by atoms with E-state index in [0.29, 0.717) is 57.4 Å². The van der Waals surface area contributed by atoms with Crippen molar-refractivity contribution in [2.75, 3.05) is 44.2 Å². The number of nitrogens with zero attached hydrogens (tertiary/aromatic N) is 5. The normalized spacial score (nSPS) is 16.4. The molecule has 1 fully saturated rings. The molecular formula is C21H25N5O3. The fourth-order valence-electron chi connectivity index (χ4n) is 3.75. The van der Waals surface area contributed by atoms with E-state index in [1.807, 2.05) is 21.9 Å². The monoisotopic (exact) mass is 395 g/mol. The third-order valence-electron chi connectivity index (χ3n) is 5.39. The van der Waals surface area contributed by atoms with Crippen LogP contribution in [-0.2, 0) is 17.7 Å². The smallest absolute Gasteiger partial charge is 0.409 e. The molecule has 2 amide bonds. The van der Waals surface area contributed by atoms with Crippen molar-refractivity contribution in [1.82, 2.24) is 19.8 Å². The first-order valence-electron chi connectivity index (χ1n) is 10.0. The van der Waals surface area contributed by atoms with E-state index < -0.39 is 0 Å². The summed E-state index contributed by atoms with van der Waals surface area (Å²) in [6.07, 6.45) is 3.79. The van der Waals surface area contributed by atoms with Gasteiger partial charge in [-0.05, 0) is 24.5 Å². The van der Waals surface area contributed by atoms with Gasteiger partial charge in [0.1, 0.15) is 0 Å². The van der Waals surface area contributed by atoms with Crippen molar-refractivity contribution in [2.24, 2.45) is 0 Å². The minimum Gasteiger partial charge on any atom is -0.450 e. The van der Waals surface area contributed by atoms with Crippen LogP contribution < -0.4 is 4.90 Å². The summed E-state index contributed by atoms with van der Waals surface area (Å²) in [7, 11) is 0. The van der Waals surface area contributed by atoms with E-state index >= 15 is 0 Å². The van der Waals surface area contributed by atoms with Crippen molar-refractivity contribution in [2.45, 2.75) is 19.9 Å². The molecule has 0 atom stereocenters. The second-order valence-electron chi connectivity index (χ2n) is 7.19. The van der Waals surface area contributed by atoms with E-state index in [1.165, 1.54) is 11.1 Å². The maximum absolute atomic E-state index is 12.9. The molecule has 0 saturated carbocycles. The van der Waals surface area contributed by atoms with Gasteiger partial charge in [-0.15, -0.1) is 0 Å². The molecule has 1 aromatic carbocycles. The van der Waals surface area contributed by atoms with Crippen LogP contribution >= 0.6 is 0 Å². The van der Waals surface area contributed by atoms with Crippen LogP contribution in [-0.4, -0.2) is 71.1 Å². The zero-order valence-corrected chi connectivity index (χ0v) is 16.6. The maximum Gasteiger partial charge on any atom is 0.409 e. The fourth-order valence-corrected chi connectivity index (χ4v) is 3.75. The predicted molar refractivity (Wildman–Crippen MR) is 108 cm³/mol. The van der Waals surface area contributed by atoms with Gasteiger partial charge in [-0.25, -0.2) is 14.8 Å². The highest BCUT2D eigenvalue weighted by Gasteiger charge is 2.25. The van der Waals surface area contributed by atoms with Gasteiger partial charge in [0.2, 0.25) is 5.95 Å². The largest absolute Gasteiger partial charge is 0.450 e. The molecule has 0 radical (unpaired) electrons. The lowest BCUT2D eigenvalue weighted by Gasteiger charge is -2.34. The molecule has 4 rings (SSSR count). The molecule has 2 aliphatic heterocycles. The Kier molecular flexibility index (Phi) is 5.59. The Morgan fingerprint density at radius 1 is 0.966 bits per heavy atom. The summed E-state index contributed by atoms with van der Waals surface area (Å²) in [6, 6.07) is 8.24. The van der Waals surface area contributed by atoms with Crippen molar-refractivity contribution in [1.29, 1.82) is 0 Å². The lowest BCUT2D eigenvalue weighted by atomic mass is 9.99. The van der Waals surface area contributed by atoms with Crippen LogP contribution in [0, 0.1) is 0 Å². The molecule has 0 aliphatic carbocycles. The van der Waals surface area contributed by atoms with Crippen LogP contribution in [0.5, 0.6) is 0 Å². The molecule has 0 spiro atoms. The van der Waals surface area contributed by atoms with Crippen molar-refractivity contribution in [3.63, 3.8) is 0 Å². The quantitative estimate of drug-likeness (QED) is 0.791. The van der Waals surface area contributed by atoms with Gasteiger partial charge in [-0.3, -0.25) is 4.79 Å². The number of piperazine rings is 1. The molecule has 0 unspecified atom stereocenters. The number of fused-ring (bicyclic) bond motifs is 1. The van der Waals surface area contributed by atoms with Gasteiger partial charge < -0.3 is 19.4 Å². The average molecular weight is 395 g/mol. The highest BCUT2D eigenvalue weighted by molar-refractivity contribution is 5.93. The molecule has 2 aliphatic rings. The van der Waals surface area contributed by atoms with Crippen LogP contribution in [0.25, 0.3) is 0 Å². The SMILES string of the molecule is CCOC(=O)N1CCN(c2ncc(C(=O)N3CCc4ccccc4C3)cn2)CC1. The Bertz CT molecular complexity index is 878. The van der Waals surface area contributed by atoms with Crippen LogP contribution in [0.4, 0.5) is 10.7 Å². The van der Waals surface area contributed by atoms with Gasteiger partial charge in [0.15, 0.2) is 0 Å². The zero-order valence-electron chi connectivity index (χ0n) is 16.6. The Hall–Kier alpha value is -3.16. The van der Waals surface area contributed by atoms with E-state index in [4.69, 9.17) is 4.74 Å². The number of ether oxygens (including phenoxy) is 1. The van der Waals surface area contributed by atoms with E-state index in [2.05, 4.69) is 22.1 Å². The lowest BCUT2D eigenvalue weighted by Crippen LogP contribution is -2.49. The van der Waals surface area contributed by atoms with Crippen molar-refractivity contribution >= 4 is 17.9 Å². The Balaban J connectivity index is 1.36. The molecule has 0 bridgehead atoms. The van der Waals surface area contributed by atoms with Crippen molar-refractivity contribution < 1.29 is 14.3 Å². The highest BCUT2D eigenvalue weighted by atomic mass is 16.6. The van der Waals surface area contributed by atoms with Crippen LogP contribution in [0.2, 0.25) is 0 Å². The zero-order chi connectivity index (χ0) is 20.2. The van der Waals surface area contributed by atoms with Crippen LogP contribution in [0.15, 0.2) is 36.7 Å². The molecule has 8 nitrogen and oxygen atoms in total. The number of carbonyl (C=O) groups excluding carboxylic acids is 2. The van der Waals surface area contributed by atoms with Crippen molar-refractivity contribution in [3.8, 4) is 0 Å². The van der Waals surface area contributed by atoms with Crippen LogP contribution in [0.3, 0.4) is 0 Å². The summed E-state index contributed by atoms with van der Waals surface area (Å²) < 4.78 is 5.04. The molecule has 2 aromatic rings. The second-order valence-corrected chi connectivity index (χ2v) is 7.19. The third-order valence-corrected chi connectivity index (χ3v) is 5.39. The van der Waals surface area contributed by atoms with Gasteiger partial charge in [0.05, 0.1) is 12.2 Å². The number of carbonyl (C=O) groups is 2. The summed E-state index contributed by atoms with van der Waals surface area (Å²) in [4.78, 5) is 39.0. The summed E-state index contributed by atoms with van der Waals surface area (Å²) in [6.45, 7) is 5.89. The first-order valence-corrected chi connectivity index (χ1v) is 10.0. The summed E-state index contributed by atoms with van der Waals surface area (Å²) in [5.41, 5.74) is 3.01. The van der Waals surface area contributed by atoms with Gasteiger partial charge in [-0.1, -0.05) is 24.3 Å². The summed E-state index contributed by atoms with van der Waals surface area (Å²) in [5.74, 6) is 0.534. The second kappa shape index (κ2) is 8.46. The number of amides is 2. The van der Waals surface area contributed by atoms with Crippen LogP contribution in [0.1, 0.15) is 28.4 Å². The number of benzene rings is 1. The molecule has 152 valence electrons. The fraction of sp³-hybridized carbons (Fsp3) is 0.429. The van der Waals surface area contributed by atoms with Crippen molar-refractivity contribution in [3.05, 3.63) is 53.3 Å².